The average Bonchev–Trinajstić information content (AvgIpc) is 2.38. The van der Waals surface area contributed by atoms with Crippen molar-refractivity contribution in [3.8, 4) is 5.75 Å². The van der Waals surface area contributed by atoms with Crippen LogP contribution in [0.1, 0.15) is 48.5 Å². The van der Waals surface area contributed by atoms with Gasteiger partial charge in [-0.15, -0.1) is 0 Å². The van der Waals surface area contributed by atoms with Crippen molar-refractivity contribution in [2.45, 2.75) is 65.1 Å². The Balaban J connectivity index is 3.28. The second-order valence-corrected chi connectivity index (χ2v) is 13.9. The van der Waals surface area contributed by atoms with E-state index in [0.717, 1.165) is 20.4 Å². The smallest absolute Gasteiger partial charge is 0.258 e. The van der Waals surface area contributed by atoms with Crippen LogP contribution in [0.25, 0.3) is 0 Å². The molecule has 0 aromatic heterocycles. The molecule has 0 bridgehead atoms. The first kappa shape index (κ1) is 20.7. The lowest BCUT2D eigenvalue weighted by Crippen LogP contribution is -2.50. The molecule has 1 amide bonds. The number of rotatable bonds is 6. The molecule has 0 spiro atoms. The van der Waals surface area contributed by atoms with Gasteiger partial charge in [0, 0.05) is 15.9 Å². The molecule has 1 rings (SSSR count). The molecule has 23 heavy (non-hydrogen) atoms. The van der Waals surface area contributed by atoms with E-state index in [0.29, 0.717) is 16.6 Å². The zero-order valence-corrected chi connectivity index (χ0v) is 19.1. The SMILES string of the molecule is CC(=O)Nc1c(Br)cc(O[Si](C(C)C)(C(C)C)C(C)C)cc1Br. The third kappa shape index (κ3) is 4.60. The van der Waals surface area contributed by atoms with Gasteiger partial charge in [0.25, 0.3) is 8.32 Å². The Kier molecular flexibility index (Phi) is 7.35. The summed E-state index contributed by atoms with van der Waals surface area (Å²) in [5.41, 5.74) is 2.26. The molecule has 6 heteroatoms. The maximum atomic E-state index is 11.3. The highest BCUT2D eigenvalue weighted by Gasteiger charge is 2.47. The van der Waals surface area contributed by atoms with E-state index in [1.54, 1.807) is 0 Å². The first-order chi connectivity index (χ1) is 10.5. The molecule has 0 radical (unpaired) electrons. The van der Waals surface area contributed by atoms with E-state index in [9.17, 15) is 4.79 Å². The number of hydrogen-bond acceptors (Lipinski definition) is 2. The Morgan fingerprint density at radius 2 is 1.39 bits per heavy atom. The number of anilines is 1. The minimum Gasteiger partial charge on any atom is -0.543 e. The first-order valence-electron chi connectivity index (χ1n) is 7.98. The van der Waals surface area contributed by atoms with Crippen LogP contribution >= 0.6 is 31.9 Å². The molecule has 0 heterocycles. The predicted octanol–water partition coefficient (Wildman–Crippen LogP) is 6.72. The van der Waals surface area contributed by atoms with Crippen LogP contribution in [-0.4, -0.2) is 14.2 Å². The number of benzene rings is 1. The minimum atomic E-state index is -1.99. The van der Waals surface area contributed by atoms with Crippen molar-refractivity contribution >= 4 is 51.8 Å². The fraction of sp³-hybridized carbons (Fsp3) is 0.588. The van der Waals surface area contributed by atoms with Crippen molar-refractivity contribution in [2.75, 3.05) is 5.32 Å². The zero-order valence-electron chi connectivity index (χ0n) is 15.0. The van der Waals surface area contributed by atoms with Crippen molar-refractivity contribution in [3.63, 3.8) is 0 Å². The van der Waals surface area contributed by atoms with E-state index < -0.39 is 8.32 Å². The summed E-state index contributed by atoms with van der Waals surface area (Å²) in [6.45, 7) is 15.1. The lowest BCUT2D eigenvalue weighted by molar-refractivity contribution is -0.114. The molecular weight excluding hydrogens is 438 g/mol. The summed E-state index contributed by atoms with van der Waals surface area (Å²) < 4.78 is 8.31. The lowest BCUT2D eigenvalue weighted by Gasteiger charge is -2.42. The number of halogens is 2. The Labute approximate surface area is 158 Å². The van der Waals surface area contributed by atoms with Gasteiger partial charge in [-0.3, -0.25) is 4.79 Å². The van der Waals surface area contributed by atoms with Crippen molar-refractivity contribution < 1.29 is 9.22 Å². The van der Waals surface area contributed by atoms with Gasteiger partial charge in [-0.2, -0.15) is 0 Å². The van der Waals surface area contributed by atoms with Gasteiger partial charge >= 0.3 is 0 Å². The highest BCUT2D eigenvalue weighted by Crippen LogP contribution is 2.44. The highest BCUT2D eigenvalue weighted by molar-refractivity contribution is 9.11. The van der Waals surface area contributed by atoms with Gasteiger partial charge in [0.1, 0.15) is 5.75 Å². The summed E-state index contributed by atoms with van der Waals surface area (Å²) in [4.78, 5) is 11.3. The molecule has 0 aliphatic heterocycles. The molecule has 1 N–H and O–H groups in total. The molecule has 0 aliphatic rings. The van der Waals surface area contributed by atoms with Gasteiger partial charge in [0.2, 0.25) is 5.91 Å². The van der Waals surface area contributed by atoms with Gasteiger partial charge < -0.3 is 9.74 Å². The molecule has 0 aliphatic carbocycles. The lowest BCUT2D eigenvalue weighted by atomic mass is 10.3. The predicted molar refractivity (Wildman–Crippen MR) is 108 cm³/mol. The van der Waals surface area contributed by atoms with Gasteiger partial charge in [-0.05, 0) is 60.6 Å². The summed E-state index contributed by atoms with van der Waals surface area (Å²) in [6.07, 6.45) is 0. The number of carbonyl (C=O) groups is 1. The molecule has 0 saturated heterocycles. The summed E-state index contributed by atoms with van der Waals surface area (Å²) in [7, 11) is -1.99. The van der Waals surface area contributed by atoms with Crippen LogP contribution in [0.15, 0.2) is 21.1 Å². The molecule has 0 fully saturated rings. The van der Waals surface area contributed by atoms with Gasteiger partial charge in [-0.25, -0.2) is 0 Å². The summed E-state index contributed by atoms with van der Waals surface area (Å²) in [6, 6.07) is 3.90. The van der Waals surface area contributed by atoms with E-state index >= 15 is 0 Å². The van der Waals surface area contributed by atoms with Crippen LogP contribution in [0.3, 0.4) is 0 Å². The number of amides is 1. The van der Waals surface area contributed by atoms with Crippen LogP contribution in [-0.2, 0) is 4.79 Å². The zero-order chi connectivity index (χ0) is 17.9. The molecule has 0 saturated carbocycles. The standard InChI is InChI=1S/C17H27Br2NO2Si/c1-10(2)23(11(3)4,12(5)6)22-14-8-15(18)17(16(19)9-14)20-13(7)21/h8-12H,1-7H3,(H,20,21). The van der Waals surface area contributed by atoms with Crippen LogP contribution in [0, 0.1) is 0 Å². The Bertz CT molecular complexity index is 529. The second kappa shape index (κ2) is 8.16. The Morgan fingerprint density at radius 3 is 1.70 bits per heavy atom. The molecule has 3 nitrogen and oxygen atoms in total. The second-order valence-electron chi connectivity index (χ2n) is 6.86. The third-order valence-corrected chi connectivity index (χ3v) is 11.6. The summed E-state index contributed by atoms with van der Waals surface area (Å²) >= 11 is 7.07. The topological polar surface area (TPSA) is 38.3 Å². The van der Waals surface area contributed by atoms with E-state index in [2.05, 4.69) is 78.7 Å². The Morgan fingerprint density at radius 1 is 1.00 bits per heavy atom. The van der Waals surface area contributed by atoms with Crippen LogP contribution < -0.4 is 9.74 Å². The maximum absolute atomic E-state index is 11.3. The molecule has 0 unspecified atom stereocenters. The number of hydrogen-bond donors (Lipinski definition) is 1. The molecule has 1 aromatic rings. The van der Waals surface area contributed by atoms with E-state index in [1.165, 1.54) is 6.92 Å². The fourth-order valence-electron chi connectivity index (χ4n) is 3.46. The van der Waals surface area contributed by atoms with E-state index in [-0.39, 0.29) is 5.91 Å². The largest absolute Gasteiger partial charge is 0.543 e. The van der Waals surface area contributed by atoms with E-state index in [4.69, 9.17) is 4.43 Å². The van der Waals surface area contributed by atoms with Gasteiger partial charge in [-0.1, -0.05) is 41.5 Å². The van der Waals surface area contributed by atoms with Crippen molar-refractivity contribution in [3.05, 3.63) is 21.1 Å². The third-order valence-electron chi connectivity index (χ3n) is 4.32. The molecular formula is C17H27Br2NO2Si. The van der Waals surface area contributed by atoms with E-state index in [1.807, 2.05) is 12.1 Å². The quantitative estimate of drug-likeness (QED) is 0.474. The minimum absolute atomic E-state index is 0.102. The monoisotopic (exact) mass is 463 g/mol. The van der Waals surface area contributed by atoms with Gasteiger partial charge in [0.05, 0.1) is 5.69 Å². The first-order valence-corrected chi connectivity index (χ1v) is 11.7. The van der Waals surface area contributed by atoms with Crippen molar-refractivity contribution in [1.29, 1.82) is 0 Å². The highest BCUT2D eigenvalue weighted by atomic mass is 79.9. The molecule has 1 aromatic carbocycles. The molecule has 130 valence electrons. The average molecular weight is 465 g/mol. The number of carbonyl (C=O) groups excluding carboxylic acids is 1. The van der Waals surface area contributed by atoms with Crippen LogP contribution in [0.4, 0.5) is 5.69 Å². The molecule has 0 atom stereocenters. The van der Waals surface area contributed by atoms with Crippen molar-refractivity contribution in [1.82, 2.24) is 0 Å². The Hall–Kier alpha value is -0.333. The maximum Gasteiger partial charge on any atom is 0.258 e. The fourth-order valence-corrected chi connectivity index (χ4v) is 10.0. The number of nitrogens with one attached hydrogen (secondary N) is 1. The normalized spacial score (nSPS) is 12.2. The van der Waals surface area contributed by atoms with Gasteiger partial charge in [0.15, 0.2) is 0 Å². The van der Waals surface area contributed by atoms with Crippen molar-refractivity contribution in [2.24, 2.45) is 0 Å². The summed E-state index contributed by atoms with van der Waals surface area (Å²) in [5.74, 6) is 0.746. The van der Waals surface area contributed by atoms with Crippen LogP contribution in [0.5, 0.6) is 5.75 Å². The van der Waals surface area contributed by atoms with Crippen LogP contribution in [0.2, 0.25) is 16.6 Å². The summed E-state index contributed by atoms with van der Waals surface area (Å²) in [5, 5.41) is 2.82.